The Morgan fingerprint density at radius 2 is 2.00 bits per heavy atom. The number of rotatable bonds is 3. The normalized spacial score (nSPS) is 15.4. The summed E-state index contributed by atoms with van der Waals surface area (Å²) in [5, 5.41) is 10.6. The molecular weight excluding hydrogens is 353 g/mol. The molecule has 5 nitrogen and oxygen atoms in total. The van der Waals surface area contributed by atoms with Crippen molar-refractivity contribution in [2.24, 2.45) is 4.99 Å². The smallest absolute Gasteiger partial charge is 0.363 e. The van der Waals surface area contributed by atoms with Gasteiger partial charge in [0.2, 0.25) is 5.90 Å². The van der Waals surface area contributed by atoms with Gasteiger partial charge < -0.3 is 14.6 Å². The summed E-state index contributed by atoms with van der Waals surface area (Å²) in [7, 11) is 1.45. The number of hydrogen-bond acceptors (Lipinski definition) is 5. The van der Waals surface area contributed by atoms with E-state index in [-0.39, 0.29) is 17.3 Å². The molecule has 0 radical (unpaired) electrons. The Morgan fingerprint density at radius 1 is 1.21 bits per heavy atom. The number of cyclic esters (lactones) is 1. The zero-order valence-electron chi connectivity index (χ0n) is 12.4. The number of phenolic OH excluding ortho intramolecular Hbond substituents is 1. The van der Waals surface area contributed by atoms with E-state index in [1.165, 1.54) is 25.3 Å². The lowest BCUT2D eigenvalue weighted by Gasteiger charge is -2.03. The Bertz CT molecular complexity index is 890. The van der Waals surface area contributed by atoms with Crippen LogP contribution in [-0.2, 0) is 9.53 Å². The quantitative estimate of drug-likeness (QED) is 0.659. The number of carbonyl (C=O) groups is 1. The molecule has 0 atom stereocenters. The highest BCUT2D eigenvalue weighted by atomic mass is 35.5. The van der Waals surface area contributed by atoms with Crippen molar-refractivity contribution in [1.82, 2.24) is 0 Å². The van der Waals surface area contributed by atoms with Crippen molar-refractivity contribution in [1.29, 1.82) is 0 Å². The summed E-state index contributed by atoms with van der Waals surface area (Å²) in [6.45, 7) is 0. The number of nitrogens with zero attached hydrogens (tertiary/aromatic N) is 1. The number of ether oxygens (including phenoxy) is 2. The third-order valence-corrected chi connectivity index (χ3v) is 3.84. The number of esters is 1. The summed E-state index contributed by atoms with van der Waals surface area (Å²) in [5.41, 5.74) is 1.14. The van der Waals surface area contributed by atoms with Gasteiger partial charge in [-0.3, -0.25) is 0 Å². The molecule has 0 bridgehead atoms. The van der Waals surface area contributed by atoms with Crippen LogP contribution in [-0.4, -0.2) is 24.1 Å². The highest BCUT2D eigenvalue weighted by Crippen LogP contribution is 2.29. The van der Waals surface area contributed by atoms with E-state index in [1.807, 2.05) is 0 Å². The Kier molecular flexibility index (Phi) is 4.46. The molecule has 1 aliphatic rings. The van der Waals surface area contributed by atoms with Crippen LogP contribution in [0, 0.1) is 0 Å². The number of methoxy groups -OCH3 is 1. The first-order valence-electron chi connectivity index (χ1n) is 6.83. The topological polar surface area (TPSA) is 68.1 Å². The molecule has 0 unspecified atom stereocenters. The predicted molar refractivity (Wildman–Crippen MR) is 91.7 cm³/mol. The summed E-state index contributed by atoms with van der Waals surface area (Å²) < 4.78 is 10.1. The number of hydrogen-bond donors (Lipinski definition) is 1. The van der Waals surface area contributed by atoms with Crippen LogP contribution in [0.15, 0.2) is 47.1 Å². The second-order valence-corrected chi connectivity index (χ2v) is 5.74. The average molecular weight is 364 g/mol. The van der Waals surface area contributed by atoms with Crippen molar-refractivity contribution in [2.75, 3.05) is 7.11 Å². The van der Waals surface area contributed by atoms with Crippen LogP contribution in [0.4, 0.5) is 0 Å². The van der Waals surface area contributed by atoms with Gasteiger partial charge >= 0.3 is 5.97 Å². The van der Waals surface area contributed by atoms with E-state index in [9.17, 15) is 9.90 Å². The van der Waals surface area contributed by atoms with Gasteiger partial charge in [0, 0.05) is 5.02 Å². The number of carbonyl (C=O) groups excluding carboxylic acids is 1. The first-order valence-corrected chi connectivity index (χ1v) is 7.58. The first-order chi connectivity index (χ1) is 11.5. The molecule has 0 aromatic heterocycles. The van der Waals surface area contributed by atoms with Crippen molar-refractivity contribution in [3.8, 4) is 11.5 Å². The van der Waals surface area contributed by atoms with Gasteiger partial charge in [-0.15, -0.1) is 0 Å². The lowest BCUT2D eigenvalue weighted by molar-refractivity contribution is -0.129. The highest BCUT2D eigenvalue weighted by molar-refractivity contribution is 6.37. The summed E-state index contributed by atoms with van der Waals surface area (Å²) in [5.74, 6) is -0.205. The van der Waals surface area contributed by atoms with Crippen LogP contribution < -0.4 is 4.74 Å². The van der Waals surface area contributed by atoms with Gasteiger partial charge in [0.1, 0.15) is 0 Å². The number of aliphatic imine (C=N–C) groups is 1. The molecule has 1 aliphatic heterocycles. The minimum absolute atomic E-state index is 0.0387. The van der Waals surface area contributed by atoms with Gasteiger partial charge in [0.25, 0.3) is 0 Å². The molecule has 0 fully saturated rings. The number of aromatic hydroxyl groups is 1. The zero-order chi connectivity index (χ0) is 17.3. The molecule has 2 aromatic rings. The molecule has 0 amide bonds. The molecule has 0 spiro atoms. The van der Waals surface area contributed by atoms with Crippen LogP contribution in [0.2, 0.25) is 10.0 Å². The molecule has 24 heavy (non-hydrogen) atoms. The minimum atomic E-state index is -0.605. The molecule has 122 valence electrons. The molecule has 7 heteroatoms. The van der Waals surface area contributed by atoms with E-state index in [4.69, 9.17) is 32.7 Å². The number of phenols is 1. The lowest BCUT2D eigenvalue weighted by atomic mass is 10.1. The summed E-state index contributed by atoms with van der Waals surface area (Å²) in [4.78, 5) is 16.2. The Balaban J connectivity index is 1.95. The SMILES string of the molecule is COc1ccc(/C=C2/N=C(c3ccc(Cl)cc3Cl)OC2=O)cc1O. The third kappa shape index (κ3) is 3.22. The largest absolute Gasteiger partial charge is 0.504 e. The van der Waals surface area contributed by atoms with E-state index in [0.29, 0.717) is 26.9 Å². The van der Waals surface area contributed by atoms with Crippen molar-refractivity contribution in [3.63, 3.8) is 0 Å². The Labute approximate surface area is 147 Å². The van der Waals surface area contributed by atoms with E-state index in [2.05, 4.69) is 4.99 Å². The van der Waals surface area contributed by atoms with E-state index < -0.39 is 5.97 Å². The van der Waals surface area contributed by atoms with Crippen LogP contribution in [0.25, 0.3) is 6.08 Å². The molecule has 2 aromatic carbocycles. The van der Waals surface area contributed by atoms with Crippen LogP contribution in [0.5, 0.6) is 11.5 Å². The second-order valence-electron chi connectivity index (χ2n) is 4.89. The summed E-state index contributed by atoms with van der Waals surface area (Å²) in [6.07, 6.45) is 1.50. The molecular formula is C17H11Cl2NO4. The number of benzene rings is 2. The molecule has 0 saturated carbocycles. The standard InChI is InChI=1S/C17H11Cl2NO4/c1-23-15-5-2-9(7-14(15)21)6-13-17(22)24-16(20-13)11-4-3-10(18)8-12(11)19/h2-8,21H,1H3/b13-6+. The summed E-state index contributed by atoms with van der Waals surface area (Å²) in [6, 6.07) is 9.52. The molecule has 3 rings (SSSR count). The maximum absolute atomic E-state index is 12.0. The molecule has 1 heterocycles. The van der Waals surface area contributed by atoms with Gasteiger partial charge in [-0.05, 0) is 42.0 Å². The predicted octanol–water partition coefficient (Wildman–Crippen LogP) is 4.05. The lowest BCUT2D eigenvalue weighted by Crippen LogP contribution is -2.05. The van der Waals surface area contributed by atoms with Crippen LogP contribution >= 0.6 is 23.2 Å². The fourth-order valence-electron chi connectivity index (χ4n) is 2.14. The van der Waals surface area contributed by atoms with Crippen molar-refractivity contribution in [3.05, 3.63) is 63.3 Å². The molecule has 1 N–H and O–H groups in total. The van der Waals surface area contributed by atoms with Gasteiger partial charge in [0.15, 0.2) is 17.2 Å². The van der Waals surface area contributed by atoms with Gasteiger partial charge in [-0.1, -0.05) is 29.3 Å². The average Bonchev–Trinajstić information content (AvgIpc) is 2.88. The van der Waals surface area contributed by atoms with E-state index in [0.717, 1.165) is 0 Å². The summed E-state index contributed by atoms with van der Waals surface area (Å²) >= 11 is 11.9. The monoisotopic (exact) mass is 363 g/mol. The van der Waals surface area contributed by atoms with E-state index in [1.54, 1.807) is 24.3 Å². The third-order valence-electron chi connectivity index (χ3n) is 3.29. The second kappa shape index (κ2) is 6.55. The van der Waals surface area contributed by atoms with Gasteiger partial charge in [-0.25, -0.2) is 9.79 Å². The number of halogens is 2. The maximum atomic E-state index is 12.0. The van der Waals surface area contributed by atoms with Gasteiger partial charge in [0.05, 0.1) is 17.7 Å². The molecule has 0 aliphatic carbocycles. The van der Waals surface area contributed by atoms with E-state index >= 15 is 0 Å². The van der Waals surface area contributed by atoms with Gasteiger partial charge in [-0.2, -0.15) is 0 Å². The zero-order valence-corrected chi connectivity index (χ0v) is 13.9. The minimum Gasteiger partial charge on any atom is -0.504 e. The maximum Gasteiger partial charge on any atom is 0.363 e. The fourth-order valence-corrected chi connectivity index (χ4v) is 2.63. The highest BCUT2D eigenvalue weighted by Gasteiger charge is 2.25. The van der Waals surface area contributed by atoms with Crippen LogP contribution in [0.3, 0.4) is 0 Å². The van der Waals surface area contributed by atoms with Crippen molar-refractivity contribution >= 4 is 41.1 Å². The van der Waals surface area contributed by atoms with Crippen molar-refractivity contribution in [2.45, 2.75) is 0 Å². The van der Waals surface area contributed by atoms with Crippen molar-refractivity contribution < 1.29 is 19.4 Å². The Morgan fingerprint density at radius 3 is 2.67 bits per heavy atom. The molecule has 0 saturated heterocycles. The van der Waals surface area contributed by atoms with Crippen LogP contribution in [0.1, 0.15) is 11.1 Å². The Hall–Kier alpha value is -2.50. The first kappa shape index (κ1) is 16.4. The fraction of sp³-hybridized carbons (Fsp3) is 0.0588.